The molecule has 13 heavy (non-hydrogen) atoms. The average molecular weight is 505 g/mol. The van der Waals surface area contributed by atoms with Crippen LogP contribution in [0.25, 0.3) is 0 Å². The first-order chi connectivity index (χ1) is 5.80. The van der Waals surface area contributed by atoms with Crippen LogP contribution >= 0.6 is 79.6 Å². The molecule has 7 heteroatoms. The minimum absolute atomic E-state index is 0.194. The van der Waals surface area contributed by atoms with E-state index in [1.165, 1.54) is 0 Å². The van der Waals surface area contributed by atoms with E-state index in [-0.39, 0.29) is 20.5 Å². The van der Waals surface area contributed by atoms with Gasteiger partial charge < -0.3 is 0 Å². The fourth-order valence-corrected chi connectivity index (χ4v) is 3.75. The smallest absolute Gasteiger partial charge is 0.200 e. The molecule has 2 nitrogen and oxygen atoms in total. The molecule has 0 radical (unpaired) electrons. The number of ketones is 2. The highest BCUT2D eigenvalue weighted by atomic mass is 79.9. The second kappa shape index (κ2) is 4.15. The molecule has 0 aromatic carbocycles. The number of carbonyl (C=O) groups excluding carboxylic acids is 2. The summed E-state index contributed by atoms with van der Waals surface area (Å²) < 4.78 is -0.566. The van der Waals surface area contributed by atoms with Crippen LogP contribution in [0.15, 0.2) is 8.96 Å². The fraction of sp³-hybridized carbons (Fsp3) is 0.333. The van der Waals surface area contributed by atoms with Gasteiger partial charge in [-0.15, -0.1) is 0 Å². The lowest BCUT2D eigenvalue weighted by molar-refractivity contribution is -0.120. The van der Waals surface area contributed by atoms with Crippen LogP contribution in [0.3, 0.4) is 0 Å². The Balaban J connectivity index is 3.31. The number of allylic oxidation sites excluding steroid dienone is 2. The summed E-state index contributed by atoms with van der Waals surface area (Å²) in [6.07, 6.45) is 0. The number of Topliss-reactive ketones (excluding diaryl/α,β-unsaturated/α-hetero) is 2. The molecule has 0 aliphatic heterocycles. The Bertz CT molecular complexity index is 319. The summed E-state index contributed by atoms with van der Waals surface area (Å²) in [7, 11) is 0. The summed E-state index contributed by atoms with van der Waals surface area (Å²) in [5.41, 5.74) is 0. The Morgan fingerprint density at radius 1 is 1.08 bits per heavy atom. The highest BCUT2D eigenvalue weighted by Gasteiger charge is 2.49. The Kier molecular flexibility index (Phi) is 4.01. The van der Waals surface area contributed by atoms with Gasteiger partial charge in [0.2, 0.25) is 0 Å². The third-order valence-electron chi connectivity index (χ3n) is 1.46. The molecule has 72 valence electrons. The third kappa shape index (κ3) is 2.04. The fourth-order valence-electron chi connectivity index (χ4n) is 0.745. The molecule has 0 saturated heterocycles. The first-order valence-electron chi connectivity index (χ1n) is 2.96. The van der Waals surface area contributed by atoms with E-state index in [1.807, 2.05) is 0 Å². The molecule has 0 spiro atoms. The lowest BCUT2D eigenvalue weighted by Crippen LogP contribution is -2.44. The molecule has 0 aromatic rings. The summed E-state index contributed by atoms with van der Waals surface area (Å²) in [5, 5.41) is 0. The number of hydrogen-bond donors (Lipinski definition) is 0. The zero-order chi connectivity index (χ0) is 10.4. The van der Waals surface area contributed by atoms with Crippen molar-refractivity contribution in [3.05, 3.63) is 8.96 Å². The molecular formula is C6HBr5O2. The van der Waals surface area contributed by atoms with Crippen LogP contribution in [0.5, 0.6) is 0 Å². The van der Waals surface area contributed by atoms with E-state index in [0.717, 1.165) is 0 Å². The average Bonchev–Trinajstić information content (AvgIpc) is 2.09. The molecule has 0 aromatic heterocycles. The van der Waals surface area contributed by atoms with E-state index >= 15 is 0 Å². The minimum atomic E-state index is -1.06. The maximum atomic E-state index is 11.6. The summed E-state index contributed by atoms with van der Waals surface area (Å²) in [5.74, 6) is -0.430. The SMILES string of the molecule is O=C1C(Br)=C(Br)C(=O)C(Br)(Br)C1Br. The summed E-state index contributed by atoms with van der Waals surface area (Å²) in [6, 6.07) is 0. The van der Waals surface area contributed by atoms with Gasteiger partial charge in [0.05, 0.1) is 8.96 Å². The monoisotopic (exact) mass is 500 g/mol. The zero-order valence-electron chi connectivity index (χ0n) is 5.78. The van der Waals surface area contributed by atoms with Gasteiger partial charge in [-0.2, -0.15) is 0 Å². The van der Waals surface area contributed by atoms with Crippen LogP contribution in [-0.4, -0.2) is 19.6 Å². The quantitative estimate of drug-likeness (QED) is 0.474. The van der Waals surface area contributed by atoms with Crippen molar-refractivity contribution in [2.75, 3.05) is 0 Å². The minimum Gasteiger partial charge on any atom is -0.292 e. The highest BCUT2D eigenvalue weighted by Crippen LogP contribution is 2.45. The lowest BCUT2D eigenvalue weighted by Gasteiger charge is -2.28. The van der Waals surface area contributed by atoms with Gasteiger partial charge in [-0.25, -0.2) is 0 Å². The maximum absolute atomic E-state index is 11.6. The van der Waals surface area contributed by atoms with Crippen molar-refractivity contribution in [2.24, 2.45) is 0 Å². The highest BCUT2D eigenvalue weighted by molar-refractivity contribution is 9.27. The number of halogens is 5. The normalized spacial score (nSPS) is 28.2. The number of alkyl halides is 3. The van der Waals surface area contributed by atoms with Crippen LogP contribution in [0.4, 0.5) is 0 Å². The van der Waals surface area contributed by atoms with Gasteiger partial charge in [0.25, 0.3) is 0 Å². The van der Waals surface area contributed by atoms with Crippen molar-refractivity contribution < 1.29 is 9.59 Å². The molecule has 1 aliphatic carbocycles. The molecular weight excluding hydrogens is 504 g/mol. The Morgan fingerprint density at radius 2 is 1.54 bits per heavy atom. The summed E-state index contributed by atoms with van der Waals surface area (Å²) >= 11 is 15.5. The van der Waals surface area contributed by atoms with Crippen molar-refractivity contribution in [1.82, 2.24) is 0 Å². The lowest BCUT2D eigenvalue weighted by atomic mass is 10.1. The van der Waals surface area contributed by atoms with E-state index in [1.54, 1.807) is 0 Å². The predicted octanol–water partition coefficient (Wildman–Crippen LogP) is 3.39. The van der Waals surface area contributed by atoms with Gasteiger partial charge in [-0.3, -0.25) is 9.59 Å². The predicted molar refractivity (Wildman–Crippen MR) is 68.2 cm³/mol. The number of rotatable bonds is 0. The van der Waals surface area contributed by atoms with Crippen molar-refractivity contribution in [3.63, 3.8) is 0 Å². The molecule has 1 atom stereocenters. The van der Waals surface area contributed by atoms with E-state index in [2.05, 4.69) is 79.6 Å². The van der Waals surface area contributed by atoms with Gasteiger partial charge in [-0.05, 0) is 31.9 Å². The van der Waals surface area contributed by atoms with Gasteiger partial charge >= 0.3 is 0 Å². The Labute approximate surface area is 117 Å². The summed E-state index contributed by atoms with van der Waals surface area (Å²) in [6.45, 7) is 0. The third-order valence-corrected chi connectivity index (χ3v) is 7.50. The summed E-state index contributed by atoms with van der Waals surface area (Å²) in [4.78, 5) is 22.5. The van der Waals surface area contributed by atoms with E-state index in [9.17, 15) is 9.59 Å². The molecule has 1 unspecified atom stereocenters. The van der Waals surface area contributed by atoms with Crippen LogP contribution in [0.1, 0.15) is 0 Å². The van der Waals surface area contributed by atoms with Gasteiger partial charge in [0.15, 0.2) is 14.8 Å². The first kappa shape index (κ1) is 12.5. The second-order valence-corrected chi connectivity index (χ2v) is 8.37. The van der Waals surface area contributed by atoms with E-state index < -0.39 is 8.06 Å². The molecule has 0 amide bonds. The van der Waals surface area contributed by atoms with E-state index in [0.29, 0.717) is 0 Å². The van der Waals surface area contributed by atoms with Crippen molar-refractivity contribution in [1.29, 1.82) is 0 Å². The molecule has 0 fully saturated rings. The molecule has 1 rings (SSSR count). The molecule has 0 saturated carbocycles. The van der Waals surface area contributed by atoms with Crippen LogP contribution < -0.4 is 0 Å². The number of carbonyl (C=O) groups is 2. The van der Waals surface area contributed by atoms with Crippen molar-refractivity contribution in [2.45, 2.75) is 8.06 Å². The topological polar surface area (TPSA) is 34.1 Å². The van der Waals surface area contributed by atoms with Gasteiger partial charge in [0, 0.05) is 0 Å². The van der Waals surface area contributed by atoms with Crippen molar-refractivity contribution in [3.8, 4) is 0 Å². The molecule has 0 bridgehead atoms. The zero-order valence-corrected chi connectivity index (χ0v) is 13.7. The second-order valence-electron chi connectivity index (χ2n) is 2.31. The maximum Gasteiger partial charge on any atom is 0.200 e. The van der Waals surface area contributed by atoms with Gasteiger partial charge in [-0.1, -0.05) is 47.8 Å². The van der Waals surface area contributed by atoms with Gasteiger partial charge in [0.1, 0.15) is 4.83 Å². The molecule has 0 N–H and O–H groups in total. The standard InChI is InChI=1S/C6HBr5O2/c7-1-2(8)5(13)6(10,11)4(9)3(1)12/h4H. The molecule has 1 aliphatic rings. The van der Waals surface area contributed by atoms with Crippen LogP contribution in [0, 0.1) is 0 Å². The van der Waals surface area contributed by atoms with Crippen LogP contribution in [-0.2, 0) is 9.59 Å². The molecule has 0 heterocycles. The van der Waals surface area contributed by atoms with E-state index in [4.69, 9.17) is 0 Å². The Hall–Kier alpha value is 1.48. The van der Waals surface area contributed by atoms with Crippen LogP contribution in [0.2, 0.25) is 0 Å². The number of hydrogen-bond acceptors (Lipinski definition) is 2. The first-order valence-corrected chi connectivity index (χ1v) is 7.05. The van der Waals surface area contributed by atoms with Crippen molar-refractivity contribution >= 4 is 91.2 Å². The largest absolute Gasteiger partial charge is 0.292 e. The Morgan fingerprint density at radius 3 is 2.00 bits per heavy atom.